The minimum absolute atomic E-state index is 0.0686. The molecule has 34 heavy (non-hydrogen) atoms. The number of rotatable bonds is 12. The molecular weight excluding hydrogens is 510 g/mol. The lowest BCUT2D eigenvalue weighted by atomic mass is 9.98. The summed E-state index contributed by atoms with van der Waals surface area (Å²) in [6.07, 6.45) is 5.29. The second-order valence-corrected chi connectivity index (χ2v) is 8.53. The molecule has 13 heteroatoms. The van der Waals surface area contributed by atoms with Gasteiger partial charge in [-0.1, -0.05) is 20.3 Å². The lowest BCUT2D eigenvalue weighted by Gasteiger charge is -2.21. The second kappa shape index (κ2) is 12.7. The lowest BCUT2D eigenvalue weighted by molar-refractivity contribution is -0.139. The van der Waals surface area contributed by atoms with Gasteiger partial charge in [-0.15, -0.1) is 0 Å². The summed E-state index contributed by atoms with van der Waals surface area (Å²) < 4.78 is 6.15. The quantitative estimate of drug-likeness (QED) is 0.151. The fourth-order valence-corrected chi connectivity index (χ4v) is 3.34. The van der Waals surface area contributed by atoms with Gasteiger partial charge < -0.3 is 31.6 Å². The summed E-state index contributed by atoms with van der Waals surface area (Å²) >= 11 is 3.28. The van der Waals surface area contributed by atoms with Crippen LogP contribution in [0, 0.1) is 5.92 Å². The summed E-state index contributed by atoms with van der Waals surface area (Å²) in [5.74, 6) is -2.32. The largest absolute Gasteiger partial charge is 0.480 e. The second-order valence-electron chi connectivity index (χ2n) is 7.61. The van der Waals surface area contributed by atoms with Crippen LogP contribution in [0.15, 0.2) is 38.6 Å². The fraction of sp³-hybridized carbons (Fsp3) is 0.429. The smallest absolute Gasteiger partial charge is 0.326 e. The number of aliphatic imine (C=N–C) groups is 1. The van der Waals surface area contributed by atoms with Crippen LogP contribution >= 0.6 is 15.9 Å². The molecule has 7 N–H and O–H groups in total. The number of carboxylic acids is 1. The minimum Gasteiger partial charge on any atom is -0.480 e. The molecule has 2 aromatic rings. The van der Waals surface area contributed by atoms with Crippen LogP contribution in [-0.2, 0) is 4.79 Å². The monoisotopic (exact) mass is 537 g/mol. The molecule has 0 bridgehead atoms. The van der Waals surface area contributed by atoms with Gasteiger partial charge in [-0.25, -0.2) is 9.78 Å². The molecule has 0 radical (unpaired) electrons. The third-order valence-electron chi connectivity index (χ3n) is 5.04. The first kappa shape index (κ1) is 26.8. The van der Waals surface area contributed by atoms with E-state index in [4.69, 9.17) is 15.9 Å². The predicted molar refractivity (Wildman–Crippen MR) is 127 cm³/mol. The van der Waals surface area contributed by atoms with Gasteiger partial charge in [0.25, 0.3) is 11.8 Å². The SMILES string of the molecule is CCC(C)C(NC(=O)c1cncc(Br)c1)c1nc(C(=O)N[C@@H](CCCN=C(N)N)C(=O)O)co1. The molecule has 0 fully saturated rings. The number of hydrogen-bond donors (Lipinski definition) is 5. The zero-order valence-electron chi connectivity index (χ0n) is 18.8. The van der Waals surface area contributed by atoms with Crippen molar-refractivity contribution in [2.45, 2.75) is 45.2 Å². The molecule has 0 spiro atoms. The van der Waals surface area contributed by atoms with Gasteiger partial charge in [0.2, 0.25) is 5.89 Å². The molecule has 0 aliphatic carbocycles. The normalized spacial score (nSPS) is 13.4. The Bertz CT molecular complexity index is 1040. The number of pyridine rings is 1. The third kappa shape index (κ3) is 7.83. The van der Waals surface area contributed by atoms with Gasteiger partial charge in [-0.2, -0.15) is 0 Å². The maximum absolute atomic E-state index is 12.7. The Morgan fingerprint density at radius 2 is 1.97 bits per heavy atom. The summed E-state index contributed by atoms with van der Waals surface area (Å²) in [5, 5.41) is 14.7. The number of aliphatic carboxylic acids is 1. The molecule has 2 rings (SSSR count). The maximum atomic E-state index is 12.7. The van der Waals surface area contributed by atoms with E-state index >= 15 is 0 Å². The fourth-order valence-electron chi connectivity index (χ4n) is 2.97. The number of nitrogens with two attached hydrogens (primary N) is 2. The van der Waals surface area contributed by atoms with Crippen molar-refractivity contribution in [3.8, 4) is 0 Å². The van der Waals surface area contributed by atoms with E-state index in [0.717, 1.165) is 6.26 Å². The van der Waals surface area contributed by atoms with Gasteiger partial charge in [0.05, 0.1) is 5.56 Å². The summed E-state index contributed by atoms with van der Waals surface area (Å²) in [6.45, 7) is 4.09. The maximum Gasteiger partial charge on any atom is 0.326 e. The number of nitrogens with one attached hydrogen (secondary N) is 2. The van der Waals surface area contributed by atoms with E-state index in [1.54, 1.807) is 12.3 Å². The molecule has 0 aliphatic rings. The van der Waals surface area contributed by atoms with E-state index in [9.17, 15) is 19.5 Å². The number of nitrogens with zero attached hydrogens (tertiary/aromatic N) is 3. The molecule has 0 aliphatic heterocycles. The predicted octanol–water partition coefficient (Wildman–Crippen LogP) is 1.59. The number of halogens is 1. The number of hydrogen-bond acceptors (Lipinski definition) is 7. The van der Waals surface area contributed by atoms with Gasteiger partial charge in [-0.05, 0) is 40.8 Å². The molecule has 12 nitrogen and oxygen atoms in total. The number of carbonyl (C=O) groups is 3. The summed E-state index contributed by atoms with van der Waals surface area (Å²) in [6, 6.07) is -0.146. The molecule has 2 aromatic heterocycles. The van der Waals surface area contributed by atoms with Crippen LogP contribution in [0.2, 0.25) is 0 Å². The van der Waals surface area contributed by atoms with E-state index in [-0.39, 0.29) is 42.3 Å². The highest BCUT2D eigenvalue weighted by Crippen LogP contribution is 2.25. The average Bonchev–Trinajstić information content (AvgIpc) is 3.28. The number of amides is 2. The standard InChI is InChI=1S/C21H28BrN7O5/c1-3-11(2)16(29-17(30)12-7-13(22)9-25-8-12)19-28-15(10-34-19)18(31)27-14(20(32)33)5-4-6-26-21(23)24/h7-11,14,16H,3-6H2,1-2H3,(H,27,31)(H,29,30)(H,32,33)(H4,23,24,26)/t11?,14-,16?/m0/s1. The number of carbonyl (C=O) groups excluding carboxylic acids is 2. The zero-order valence-corrected chi connectivity index (χ0v) is 20.4. The molecule has 0 saturated heterocycles. The Morgan fingerprint density at radius 3 is 2.59 bits per heavy atom. The van der Waals surface area contributed by atoms with Crippen molar-refractivity contribution in [1.82, 2.24) is 20.6 Å². The molecule has 0 saturated carbocycles. The molecule has 184 valence electrons. The lowest BCUT2D eigenvalue weighted by Crippen LogP contribution is -2.41. The van der Waals surface area contributed by atoms with Crippen molar-refractivity contribution in [3.63, 3.8) is 0 Å². The van der Waals surface area contributed by atoms with Crippen molar-refractivity contribution in [2.75, 3.05) is 6.54 Å². The number of carboxylic acid groups (broad SMARTS) is 1. The van der Waals surface area contributed by atoms with Crippen LogP contribution in [-0.4, -0.2) is 51.4 Å². The Balaban J connectivity index is 2.11. The highest BCUT2D eigenvalue weighted by Gasteiger charge is 2.28. The first-order chi connectivity index (χ1) is 16.1. The first-order valence-electron chi connectivity index (χ1n) is 10.6. The van der Waals surface area contributed by atoms with E-state index in [1.165, 1.54) is 6.20 Å². The Labute approximate surface area is 204 Å². The number of oxazole rings is 1. The summed E-state index contributed by atoms with van der Waals surface area (Å²) in [4.78, 5) is 48.8. The molecule has 2 unspecified atom stereocenters. The number of guanidine groups is 1. The van der Waals surface area contributed by atoms with Crippen molar-refractivity contribution in [3.05, 3.63) is 46.3 Å². The summed E-state index contributed by atoms with van der Waals surface area (Å²) in [7, 11) is 0. The number of aromatic nitrogens is 2. The van der Waals surface area contributed by atoms with Gasteiger partial charge in [0.1, 0.15) is 18.3 Å². The van der Waals surface area contributed by atoms with Crippen molar-refractivity contribution in [1.29, 1.82) is 0 Å². The zero-order chi connectivity index (χ0) is 25.3. The van der Waals surface area contributed by atoms with Crippen LogP contribution in [0.4, 0.5) is 0 Å². The average molecular weight is 538 g/mol. The van der Waals surface area contributed by atoms with E-state index in [0.29, 0.717) is 22.9 Å². The highest BCUT2D eigenvalue weighted by atomic mass is 79.9. The van der Waals surface area contributed by atoms with Gasteiger partial charge in [0, 0.05) is 23.4 Å². The first-order valence-corrected chi connectivity index (χ1v) is 11.4. The highest BCUT2D eigenvalue weighted by molar-refractivity contribution is 9.10. The Hall–Kier alpha value is -3.48. The van der Waals surface area contributed by atoms with Crippen LogP contribution in [0.1, 0.15) is 65.9 Å². The Morgan fingerprint density at radius 1 is 1.24 bits per heavy atom. The van der Waals surface area contributed by atoms with Crippen molar-refractivity contribution in [2.24, 2.45) is 22.4 Å². The summed E-state index contributed by atoms with van der Waals surface area (Å²) in [5.41, 5.74) is 10.7. The molecule has 2 amide bonds. The van der Waals surface area contributed by atoms with Crippen LogP contribution in [0.25, 0.3) is 0 Å². The van der Waals surface area contributed by atoms with Crippen LogP contribution < -0.4 is 22.1 Å². The third-order valence-corrected chi connectivity index (χ3v) is 5.47. The minimum atomic E-state index is -1.20. The molecule has 2 heterocycles. The van der Waals surface area contributed by atoms with Crippen molar-refractivity contribution >= 4 is 39.7 Å². The molecule has 0 aromatic carbocycles. The van der Waals surface area contributed by atoms with Gasteiger partial charge >= 0.3 is 5.97 Å². The van der Waals surface area contributed by atoms with E-state index < -0.39 is 24.0 Å². The van der Waals surface area contributed by atoms with Gasteiger partial charge in [-0.3, -0.25) is 19.6 Å². The van der Waals surface area contributed by atoms with Crippen LogP contribution in [0.3, 0.4) is 0 Å². The Kier molecular flexibility index (Phi) is 9.98. The van der Waals surface area contributed by atoms with E-state index in [1.807, 2.05) is 13.8 Å². The molecule has 3 atom stereocenters. The van der Waals surface area contributed by atoms with E-state index in [2.05, 4.69) is 41.5 Å². The van der Waals surface area contributed by atoms with Crippen LogP contribution in [0.5, 0.6) is 0 Å². The molecular formula is C21H28BrN7O5. The topological polar surface area (TPSA) is 199 Å². The van der Waals surface area contributed by atoms with Gasteiger partial charge in [0.15, 0.2) is 11.7 Å². The van der Waals surface area contributed by atoms with Crippen molar-refractivity contribution < 1.29 is 23.9 Å².